The van der Waals surface area contributed by atoms with Crippen LogP contribution in [0.2, 0.25) is 0 Å². The van der Waals surface area contributed by atoms with E-state index in [1.54, 1.807) is 0 Å². The number of carbonyl (C=O) groups is 1. The van der Waals surface area contributed by atoms with Crippen molar-refractivity contribution in [2.45, 2.75) is 33.1 Å². The highest BCUT2D eigenvalue weighted by Crippen LogP contribution is 2.45. The summed E-state index contributed by atoms with van der Waals surface area (Å²) >= 11 is 0. The summed E-state index contributed by atoms with van der Waals surface area (Å²) in [6.45, 7) is 5.10. The highest BCUT2D eigenvalue weighted by Gasteiger charge is 2.44. The van der Waals surface area contributed by atoms with Gasteiger partial charge in [0.2, 0.25) is 0 Å². The molecule has 0 atom stereocenters. The molecule has 1 aliphatic carbocycles. The first-order chi connectivity index (χ1) is 5.19. The van der Waals surface area contributed by atoms with Gasteiger partial charge in [0, 0.05) is 12.0 Å². The zero-order valence-electron chi connectivity index (χ0n) is 7.35. The predicted molar refractivity (Wildman–Crippen MR) is 43.5 cm³/mol. The first-order valence-corrected chi connectivity index (χ1v) is 4.30. The fourth-order valence-electron chi connectivity index (χ4n) is 0.950. The minimum Gasteiger partial charge on any atom is -0.374 e. The molecule has 0 radical (unpaired) electrons. The highest BCUT2D eigenvalue weighted by atomic mass is 16.5. The molecular weight excluding hydrogens is 140 g/mol. The summed E-state index contributed by atoms with van der Waals surface area (Å²) in [6, 6.07) is 0. The number of hydrogen-bond acceptors (Lipinski definition) is 2. The predicted octanol–water partition coefficient (Wildman–Crippen LogP) is 1.78. The van der Waals surface area contributed by atoms with Crippen LogP contribution in [0.15, 0.2) is 0 Å². The van der Waals surface area contributed by atoms with Crippen molar-refractivity contribution >= 4 is 5.78 Å². The quantitative estimate of drug-likeness (QED) is 0.567. The average Bonchev–Trinajstić information content (AvgIpc) is 2.70. The van der Waals surface area contributed by atoms with Crippen LogP contribution in [-0.2, 0) is 9.53 Å². The molecule has 0 unspecified atom stereocenters. The number of ketones is 1. The van der Waals surface area contributed by atoms with Crippen LogP contribution in [0.1, 0.15) is 33.1 Å². The molecule has 0 bridgehead atoms. The lowest BCUT2D eigenvalue weighted by molar-refractivity contribution is -0.128. The van der Waals surface area contributed by atoms with Gasteiger partial charge in [-0.2, -0.15) is 0 Å². The molecule has 0 spiro atoms. The topological polar surface area (TPSA) is 26.3 Å². The zero-order chi connectivity index (χ0) is 8.32. The molecular formula is C9H16O2. The van der Waals surface area contributed by atoms with Crippen LogP contribution in [0.4, 0.5) is 0 Å². The van der Waals surface area contributed by atoms with E-state index in [2.05, 4.69) is 0 Å². The lowest BCUT2D eigenvalue weighted by Gasteiger charge is -2.06. The smallest absolute Gasteiger partial charge is 0.164 e. The number of hydrogen-bond donors (Lipinski definition) is 0. The van der Waals surface area contributed by atoms with Gasteiger partial charge in [-0.3, -0.25) is 4.79 Å². The van der Waals surface area contributed by atoms with Crippen molar-refractivity contribution in [3.05, 3.63) is 0 Å². The molecule has 1 rings (SSSR count). The molecule has 0 N–H and O–H groups in total. The molecule has 2 heteroatoms. The second-order valence-corrected chi connectivity index (χ2v) is 3.54. The van der Waals surface area contributed by atoms with Gasteiger partial charge in [-0.1, -0.05) is 13.8 Å². The summed E-state index contributed by atoms with van der Waals surface area (Å²) < 4.78 is 5.16. The van der Waals surface area contributed by atoms with Crippen molar-refractivity contribution in [3.8, 4) is 0 Å². The summed E-state index contributed by atoms with van der Waals surface area (Å²) in [5.74, 6) is 0.283. The molecule has 2 nitrogen and oxygen atoms in total. The van der Waals surface area contributed by atoms with Gasteiger partial charge in [0.15, 0.2) is 5.78 Å². The minimum absolute atomic E-state index is 0.00621. The number of ether oxygens (including phenoxy) is 1. The van der Waals surface area contributed by atoms with Gasteiger partial charge in [-0.15, -0.1) is 0 Å². The van der Waals surface area contributed by atoms with Crippen molar-refractivity contribution < 1.29 is 9.53 Å². The molecule has 0 aromatic carbocycles. The van der Waals surface area contributed by atoms with E-state index < -0.39 is 0 Å². The van der Waals surface area contributed by atoms with E-state index in [1.807, 2.05) is 13.8 Å². The van der Waals surface area contributed by atoms with Crippen LogP contribution < -0.4 is 0 Å². The largest absolute Gasteiger partial charge is 0.374 e. The Balaban J connectivity index is 2.12. The monoisotopic (exact) mass is 156 g/mol. The third-order valence-electron chi connectivity index (χ3n) is 2.25. The first kappa shape index (κ1) is 8.72. The summed E-state index contributed by atoms with van der Waals surface area (Å²) in [6.07, 6.45) is 3.10. The van der Waals surface area contributed by atoms with Crippen LogP contribution in [-0.4, -0.2) is 19.0 Å². The molecule has 1 saturated carbocycles. The SMILES string of the molecule is CCCOCC(=O)C1(C)CC1. The summed E-state index contributed by atoms with van der Waals surface area (Å²) in [5, 5.41) is 0. The highest BCUT2D eigenvalue weighted by molar-refractivity contribution is 5.87. The third kappa shape index (κ3) is 2.29. The minimum atomic E-state index is -0.00621. The van der Waals surface area contributed by atoms with Gasteiger partial charge in [0.1, 0.15) is 6.61 Å². The average molecular weight is 156 g/mol. The molecule has 1 aliphatic rings. The lowest BCUT2D eigenvalue weighted by Crippen LogP contribution is -2.18. The van der Waals surface area contributed by atoms with E-state index in [0.29, 0.717) is 13.2 Å². The number of carbonyl (C=O) groups excluding carboxylic acids is 1. The van der Waals surface area contributed by atoms with E-state index >= 15 is 0 Å². The maximum Gasteiger partial charge on any atom is 0.164 e. The van der Waals surface area contributed by atoms with Crippen LogP contribution >= 0.6 is 0 Å². The number of rotatable bonds is 5. The molecule has 0 aromatic rings. The Kier molecular flexibility index (Phi) is 2.66. The third-order valence-corrected chi connectivity index (χ3v) is 2.25. The van der Waals surface area contributed by atoms with Crippen molar-refractivity contribution in [2.24, 2.45) is 5.41 Å². The van der Waals surface area contributed by atoms with Gasteiger partial charge >= 0.3 is 0 Å². The van der Waals surface area contributed by atoms with Crippen molar-refractivity contribution in [1.82, 2.24) is 0 Å². The maximum atomic E-state index is 11.3. The maximum absolute atomic E-state index is 11.3. The summed E-state index contributed by atoms with van der Waals surface area (Å²) in [5.41, 5.74) is -0.00621. The fraction of sp³-hybridized carbons (Fsp3) is 0.889. The Morgan fingerprint density at radius 3 is 2.64 bits per heavy atom. The van der Waals surface area contributed by atoms with Gasteiger partial charge in [0.05, 0.1) is 0 Å². The van der Waals surface area contributed by atoms with E-state index in [9.17, 15) is 4.79 Å². The first-order valence-electron chi connectivity index (χ1n) is 4.30. The lowest BCUT2D eigenvalue weighted by atomic mass is 10.1. The molecule has 0 heterocycles. The molecule has 0 aromatic heterocycles. The molecule has 64 valence electrons. The fourth-order valence-corrected chi connectivity index (χ4v) is 0.950. The van der Waals surface area contributed by atoms with E-state index in [0.717, 1.165) is 19.3 Å². The zero-order valence-corrected chi connectivity index (χ0v) is 7.35. The normalized spacial score (nSPS) is 19.8. The van der Waals surface area contributed by atoms with Crippen LogP contribution in [0.25, 0.3) is 0 Å². The van der Waals surface area contributed by atoms with Crippen LogP contribution in [0.5, 0.6) is 0 Å². The second-order valence-electron chi connectivity index (χ2n) is 3.54. The molecule has 0 amide bonds. The van der Waals surface area contributed by atoms with Crippen molar-refractivity contribution in [1.29, 1.82) is 0 Å². The molecule has 1 fully saturated rings. The van der Waals surface area contributed by atoms with E-state index in [-0.39, 0.29) is 11.2 Å². The van der Waals surface area contributed by atoms with Crippen LogP contribution in [0, 0.1) is 5.41 Å². The Morgan fingerprint density at radius 2 is 2.18 bits per heavy atom. The van der Waals surface area contributed by atoms with Crippen molar-refractivity contribution in [2.75, 3.05) is 13.2 Å². The van der Waals surface area contributed by atoms with Crippen molar-refractivity contribution in [3.63, 3.8) is 0 Å². The second kappa shape index (κ2) is 3.35. The molecule has 0 saturated heterocycles. The van der Waals surface area contributed by atoms with Gasteiger partial charge in [-0.25, -0.2) is 0 Å². The van der Waals surface area contributed by atoms with Crippen LogP contribution in [0.3, 0.4) is 0 Å². The van der Waals surface area contributed by atoms with Gasteiger partial charge in [-0.05, 0) is 19.3 Å². The summed E-state index contributed by atoms with van der Waals surface area (Å²) in [4.78, 5) is 11.3. The Morgan fingerprint density at radius 1 is 1.55 bits per heavy atom. The number of Topliss-reactive ketones (excluding diaryl/α,β-unsaturated/α-hetero) is 1. The standard InChI is InChI=1S/C9H16O2/c1-3-6-11-7-8(10)9(2)4-5-9/h3-7H2,1-2H3. The van der Waals surface area contributed by atoms with E-state index in [4.69, 9.17) is 4.74 Å². The Bertz CT molecular complexity index is 148. The Hall–Kier alpha value is -0.370. The summed E-state index contributed by atoms with van der Waals surface area (Å²) in [7, 11) is 0. The Labute approximate surface area is 67.9 Å². The van der Waals surface area contributed by atoms with E-state index in [1.165, 1.54) is 0 Å². The molecule has 11 heavy (non-hydrogen) atoms. The van der Waals surface area contributed by atoms with Gasteiger partial charge < -0.3 is 4.74 Å². The molecule has 0 aliphatic heterocycles. The van der Waals surface area contributed by atoms with Gasteiger partial charge in [0.25, 0.3) is 0 Å².